The number of nitrogens with zero attached hydrogens (tertiary/aromatic N) is 3. The predicted octanol–water partition coefficient (Wildman–Crippen LogP) is 5.42. The molecule has 2 heterocycles. The number of aliphatic hydroxyl groups excluding tert-OH is 1. The van der Waals surface area contributed by atoms with Gasteiger partial charge in [0.25, 0.3) is 0 Å². The number of aliphatic hydroxyl groups is 1. The van der Waals surface area contributed by atoms with E-state index >= 15 is 0 Å². The average Bonchev–Trinajstić information content (AvgIpc) is 3.38. The zero-order chi connectivity index (χ0) is 20.8. The smallest absolute Gasteiger partial charge is 0.206 e. The minimum Gasteiger partial charge on any atom is -0.393 e. The van der Waals surface area contributed by atoms with Gasteiger partial charge in [0, 0.05) is 11.9 Å². The summed E-state index contributed by atoms with van der Waals surface area (Å²) in [6, 6.07) is 6.85. The molecule has 0 saturated heterocycles. The van der Waals surface area contributed by atoms with E-state index in [1.54, 1.807) is 6.92 Å². The molecule has 0 spiro atoms. The van der Waals surface area contributed by atoms with Gasteiger partial charge >= 0.3 is 0 Å². The second kappa shape index (κ2) is 7.65. The van der Waals surface area contributed by atoms with Crippen molar-refractivity contribution in [3.8, 4) is 10.7 Å². The molecular weight excluding hydrogens is 380 g/mol. The van der Waals surface area contributed by atoms with Crippen molar-refractivity contribution in [1.29, 1.82) is 0 Å². The summed E-state index contributed by atoms with van der Waals surface area (Å²) in [6.07, 6.45) is 2.96. The molecular formula is C23H30N4OS. The van der Waals surface area contributed by atoms with Crippen LogP contribution in [0.2, 0.25) is 0 Å². The number of aromatic nitrogens is 3. The highest BCUT2D eigenvalue weighted by Crippen LogP contribution is 2.44. The van der Waals surface area contributed by atoms with E-state index in [2.05, 4.69) is 61.4 Å². The molecule has 1 aliphatic carbocycles. The van der Waals surface area contributed by atoms with Gasteiger partial charge in [-0.05, 0) is 73.3 Å². The van der Waals surface area contributed by atoms with Gasteiger partial charge < -0.3 is 10.4 Å². The van der Waals surface area contributed by atoms with Crippen LogP contribution in [0.3, 0.4) is 0 Å². The molecule has 1 aromatic carbocycles. The summed E-state index contributed by atoms with van der Waals surface area (Å²) in [5.41, 5.74) is 5.98. The summed E-state index contributed by atoms with van der Waals surface area (Å²) < 4.78 is 0. The third-order valence-electron chi connectivity index (χ3n) is 5.48. The number of fused-ring (bicyclic) bond motifs is 1. The molecule has 154 valence electrons. The van der Waals surface area contributed by atoms with E-state index in [4.69, 9.17) is 4.98 Å². The molecule has 29 heavy (non-hydrogen) atoms. The Morgan fingerprint density at radius 2 is 1.97 bits per heavy atom. The molecule has 1 saturated carbocycles. The molecule has 2 aromatic heterocycles. The summed E-state index contributed by atoms with van der Waals surface area (Å²) in [4.78, 5) is 5.06. The molecule has 0 aliphatic heterocycles. The SMILES string of the molecule is Cc1cc(-c2nnc(NCC[C@H](C)O)s2)nc2c(C(C)(C)C)cc(C3CC3)cc12. The van der Waals surface area contributed by atoms with Gasteiger partial charge in [-0.25, -0.2) is 4.98 Å². The van der Waals surface area contributed by atoms with Crippen LogP contribution in [0.5, 0.6) is 0 Å². The van der Waals surface area contributed by atoms with Gasteiger partial charge in [0.05, 0.1) is 11.6 Å². The van der Waals surface area contributed by atoms with Crippen LogP contribution in [0.1, 0.15) is 69.6 Å². The zero-order valence-corrected chi connectivity index (χ0v) is 18.7. The number of pyridine rings is 1. The predicted molar refractivity (Wildman–Crippen MR) is 121 cm³/mol. The van der Waals surface area contributed by atoms with Gasteiger partial charge in [-0.3, -0.25) is 0 Å². The fourth-order valence-electron chi connectivity index (χ4n) is 3.63. The molecule has 1 atom stereocenters. The summed E-state index contributed by atoms with van der Waals surface area (Å²) in [6.45, 7) is 11.4. The van der Waals surface area contributed by atoms with E-state index in [9.17, 15) is 5.11 Å². The summed E-state index contributed by atoms with van der Waals surface area (Å²) >= 11 is 1.51. The molecule has 4 rings (SSSR count). The van der Waals surface area contributed by atoms with Crippen LogP contribution >= 0.6 is 11.3 Å². The lowest BCUT2D eigenvalue weighted by atomic mass is 9.83. The molecule has 0 unspecified atom stereocenters. The van der Waals surface area contributed by atoms with Crippen molar-refractivity contribution in [3.63, 3.8) is 0 Å². The van der Waals surface area contributed by atoms with E-state index in [1.165, 1.54) is 46.3 Å². The van der Waals surface area contributed by atoms with Crippen molar-refractivity contribution in [3.05, 3.63) is 34.9 Å². The maximum Gasteiger partial charge on any atom is 0.206 e. The Morgan fingerprint density at radius 3 is 2.62 bits per heavy atom. The molecule has 6 heteroatoms. The Bertz CT molecular complexity index is 1030. The van der Waals surface area contributed by atoms with Crippen LogP contribution in [0.4, 0.5) is 5.13 Å². The second-order valence-corrected chi connectivity index (χ2v) is 10.3. The van der Waals surface area contributed by atoms with Gasteiger partial charge in [-0.1, -0.05) is 38.2 Å². The number of anilines is 1. The Hall–Kier alpha value is -2.05. The maximum atomic E-state index is 9.41. The van der Waals surface area contributed by atoms with Crippen molar-refractivity contribution in [2.75, 3.05) is 11.9 Å². The Balaban J connectivity index is 1.73. The van der Waals surface area contributed by atoms with Crippen LogP contribution in [0.15, 0.2) is 18.2 Å². The van der Waals surface area contributed by atoms with Crippen molar-refractivity contribution < 1.29 is 5.11 Å². The first-order valence-electron chi connectivity index (χ1n) is 10.4. The van der Waals surface area contributed by atoms with Gasteiger partial charge in [-0.2, -0.15) is 0 Å². The lowest BCUT2D eigenvalue weighted by molar-refractivity contribution is 0.188. The average molecular weight is 411 g/mol. The van der Waals surface area contributed by atoms with Crippen molar-refractivity contribution in [1.82, 2.24) is 15.2 Å². The van der Waals surface area contributed by atoms with Crippen molar-refractivity contribution >= 4 is 27.4 Å². The number of nitrogens with one attached hydrogen (secondary N) is 1. The largest absolute Gasteiger partial charge is 0.393 e. The number of hydrogen-bond acceptors (Lipinski definition) is 6. The number of rotatable bonds is 6. The summed E-state index contributed by atoms with van der Waals surface area (Å²) in [7, 11) is 0. The second-order valence-electron chi connectivity index (χ2n) is 9.29. The highest BCUT2D eigenvalue weighted by atomic mass is 32.1. The summed E-state index contributed by atoms with van der Waals surface area (Å²) in [5.74, 6) is 0.720. The highest BCUT2D eigenvalue weighted by molar-refractivity contribution is 7.18. The fourth-order valence-corrected chi connectivity index (χ4v) is 4.36. The lowest BCUT2D eigenvalue weighted by Crippen LogP contribution is -2.13. The van der Waals surface area contributed by atoms with Crippen LogP contribution in [-0.2, 0) is 5.41 Å². The first kappa shape index (κ1) is 20.2. The molecule has 0 radical (unpaired) electrons. The first-order valence-corrected chi connectivity index (χ1v) is 11.3. The molecule has 2 N–H and O–H groups in total. The minimum absolute atomic E-state index is 0.0239. The van der Waals surface area contributed by atoms with E-state index in [0.717, 1.165) is 27.3 Å². The van der Waals surface area contributed by atoms with Crippen LogP contribution in [0, 0.1) is 6.92 Å². The molecule has 0 bridgehead atoms. The lowest BCUT2D eigenvalue weighted by Gasteiger charge is -2.23. The Morgan fingerprint density at radius 1 is 1.21 bits per heavy atom. The fraction of sp³-hybridized carbons (Fsp3) is 0.522. The van der Waals surface area contributed by atoms with Crippen molar-refractivity contribution in [2.45, 2.75) is 71.3 Å². The van der Waals surface area contributed by atoms with Crippen LogP contribution in [0.25, 0.3) is 21.6 Å². The van der Waals surface area contributed by atoms with Crippen molar-refractivity contribution in [2.24, 2.45) is 0 Å². The molecule has 5 nitrogen and oxygen atoms in total. The van der Waals surface area contributed by atoms with Gasteiger partial charge in [0.1, 0.15) is 5.69 Å². The normalized spacial score (nSPS) is 15.7. The van der Waals surface area contributed by atoms with E-state index in [1.807, 2.05) is 0 Å². The quantitative estimate of drug-likeness (QED) is 0.568. The molecule has 1 aliphatic rings. The van der Waals surface area contributed by atoms with E-state index in [-0.39, 0.29) is 11.5 Å². The van der Waals surface area contributed by atoms with E-state index in [0.29, 0.717) is 13.0 Å². The van der Waals surface area contributed by atoms with Gasteiger partial charge in [0.15, 0.2) is 5.01 Å². The topological polar surface area (TPSA) is 70.9 Å². The third-order valence-corrected chi connectivity index (χ3v) is 6.39. The molecule has 0 amide bonds. The first-order chi connectivity index (χ1) is 13.7. The molecule has 3 aromatic rings. The van der Waals surface area contributed by atoms with E-state index < -0.39 is 0 Å². The number of aryl methyl sites for hydroxylation is 1. The number of hydrogen-bond donors (Lipinski definition) is 2. The Kier molecular flexibility index (Phi) is 5.34. The monoisotopic (exact) mass is 410 g/mol. The highest BCUT2D eigenvalue weighted by Gasteiger charge is 2.28. The summed E-state index contributed by atoms with van der Waals surface area (Å²) in [5, 5.41) is 24.1. The van der Waals surface area contributed by atoms with Gasteiger partial charge in [-0.15, -0.1) is 10.2 Å². The van der Waals surface area contributed by atoms with Gasteiger partial charge in [0.2, 0.25) is 5.13 Å². The molecule has 1 fully saturated rings. The standard InChI is InChI=1S/C23H30N4OS/c1-13-10-19(21-26-27-22(29-21)24-9-8-14(2)28)25-20-17(13)11-16(15-6-7-15)12-18(20)23(3,4)5/h10-12,14-15,28H,6-9H2,1-5H3,(H,24,27)/t14-/m0/s1. The van der Waals surface area contributed by atoms with Crippen LogP contribution in [-0.4, -0.2) is 32.9 Å². The number of benzene rings is 1. The van der Waals surface area contributed by atoms with Crippen LogP contribution < -0.4 is 5.32 Å². The Labute approximate surface area is 176 Å². The minimum atomic E-state index is -0.323. The zero-order valence-electron chi connectivity index (χ0n) is 17.9. The third kappa shape index (κ3) is 4.43. The maximum absolute atomic E-state index is 9.41.